The van der Waals surface area contributed by atoms with E-state index in [0.717, 1.165) is 5.69 Å². The van der Waals surface area contributed by atoms with E-state index in [1.54, 1.807) is 19.2 Å². The molecule has 0 aliphatic carbocycles. The van der Waals surface area contributed by atoms with E-state index in [4.69, 9.17) is 17.3 Å². The molecule has 24 heavy (non-hydrogen) atoms. The molecule has 8 heteroatoms. The summed E-state index contributed by atoms with van der Waals surface area (Å²) in [5.74, 6) is -1.01. The van der Waals surface area contributed by atoms with Gasteiger partial charge in [0.15, 0.2) is 0 Å². The van der Waals surface area contributed by atoms with Crippen molar-refractivity contribution in [1.82, 2.24) is 9.97 Å². The molecular weight excluding hydrogens is 333 g/mol. The van der Waals surface area contributed by atoms with Crippen molar-refractivity contribution in [3.05, 3.63) is 53.1 Å². The second kappa shape index (κ2) is 6.29. The van der Waals surface area contributed by atoms with Gasteiger partial charge in [-0.1, -0.05) is 11.6 Å². The molecule has 0 aliphatic heterocycles. The number of nitrogens with zero attached hydrogens (tertiary/aromatic N) is 2. The summed E-state index contributed by atoms with van der Waals surface area (Å²) < 4.78 is 13.3. The van der Waals surface area contributed by atoms with E-state index in [-0.39, 0.29) is 10.8 Å². The molecule has 6 nitrogen and oxygen atoms in total. The van der Waals surface area contributed by atoms with Crippen LogP contribution in [-0.4, -0.2) is 22.9 Å². The molecule has 0 unspecified atom stereocenters. The molecule has 0 bridgehead atoms. The Morgan fingerprint density at radius 2 is 1.92 bits per heavy atom. The van der Waals surface area contributed by atoms with Crippen LogP contribution >= 0.6 is 11.6 Å². The summed E-state index contributed by atoms with van der Waals surface area (Å²) in [7, 11) is 1.77. The van der Waals surface area contributed by atoms with Gasteiger partial charge in [-0.05, 0) is 36.4 Å². The molecule has 0 aliphatic rings. The predicted molar refractivity (Wildman–Crippen MR) is 92.3 cm³/mol. The van der Waals surface area contributed by atoms with Crippen LogP contribution < -0.4 is 16.4 Å². The van der Waals surface area contributed by atoms with Gasteiger partial charge in [0.25, 0.3) is 5.91 Å². The average molecular weight is 346 g/mol. The van der Waals surface area contributed by atoms with Crippen LogP contribution in [0.1, 0.15) is 10.6 Å². The maximum atomic E-state index is 13.3. The van der Waals surface area contributed by atoms with Gasteiger partial charge < -0.3 is 16.4 Å². The van der Waals surface area contributed by atoms with E-state index in [9.17, 15) is 9.18 Å². The van der Waals surface area contributed by atoms with Crippen molar-refractivity contribution in [3.63, 3.8) is 0 Å². The highest BCUT2D eigenvalue weighted by molar-refractivity contribution is 6.31. The molecule has 0 saturated carbocycles. The van der Waals surface area contributed by atoms with Crippen LogP contribution in [0.5, 0.6) is 0 Å². The Labute approximate surface area is 141 Å². The third-order valence-electron chi connectivity index (χ3n) is 3.39. The van der Waals surface area contributed by atoms with Crippen molar-refractivity contribution >= 4 is 45.6 Å². The summed E-state index contributed by atoms with van der Waals surface area (Å²) in [6, 6.07) is 9.60. The lowest BCUT2D eigenvalue weighted by Gasteiger charge is -2.11. The SMILES string of the molecule is CNc1ccc2c(Nc3ccc(F)c(Cl)c3)nc(C(N)=O)nc2c1. The zero-order chi connectivity index (χ0) is 17.3. The topological polar surface area (TPSA) is 92.9 Å². The maximum Gasteiger partial charge on any atom is 0.286 e. The van der Waals surface area contributed by atoms with Crippen molar-refractivity contribution < 1.29 is 9.18 Å². The molecule has 1 heterocycles. The number of anilines is 3. The lowest BCUT2D eigenvalue weighted by Crippen LogP contribution is -2.16. The predicted octanol–water partition coefficient (Wildman–Crippen LogP) is 3.31. The van der Waals surface area contributed by atoms with Crippen molar-refractivity contribution in [2.75, 3.05) is 17.7 Å². The molecule has 122 valence electrons. The molecule has 0 radical (unpaired) electrons. The Kier molecular flexibility index (Phi) is 4.18. The number of primary amides is 1. The Morgan fingerprint density at radius 3 is 2.58 bits per heavy atom. The zero-order valence-electron chi connectivity index (χ0n) is 12.6. The van der Waals surface area contributed by atoms with E-state index in [1.807, 2.05) is 6.07 Å². The number of nitrogens with two attached hydrogens (primary N) is 1. The van der Waals surface area contributed by atoms with E-state index in [2.05, 4.69) is 20.6 Å². The number of carbonyl (C=O) groups excluding carboxylic acids is 1. The van der Waals surface area contributed by atoms with Crippen LogP contribution in [0.2, 0.25) is 5.02 Å². The molecule has 0 saturated heterocycles. The fourth-order valence-corrected chi connectivity index (χ4v) is 2.38. The summed E-state index contributed by atoms with van der Waals surface area (Å²) in [5.41, 5.74) is 7.20. The average Bonchev–Trinajstić information content (AvgIpc) is 2.57. The summed E-state index contributed by atoms with van der Waals surface area (Å²) in [6.07, 6.45) is 0. The third kappa shape index (κ3) is 3.07. The number of carbonyl (C=O) groups is 1. The van der Waals surface area contributed by atoms with Crippen LogP contribution in [0.4, 0.5) is 21.6 Å². The standard InChI is InChI=1S/C16H13ClFN5O/c1-20-8-2-4-10-13(7-8)22-16(14(19)24)23-15(10)21-9-3-5-12(18)11(17)6-9/h2-7,20H,1H3,(H2,19,24)(H,21,22,23). The zero-order valence-corrected chi connectivity index (χ0v) is 13.4. The highest BCUT2D eigenvalue weighted by Crippen LogP contribution is 2.28. The molecule has 3 rings (SSSR count). The first-order valence-electron chi connectivity index (χ1n) is 6.99. The first kappa shape index (κ1) is 15.9. The molecule has 3 aromatic rings. The number of hydrogen-bond acceptors (Lipinski definition) is 5. The van der Waals surface area contributed by atoms with Crippen molar-refractivity contribution in [2.45, 2.75) is 0 Å². The minimum atomic E-state index is -0.744. The molecule has 1 amide bonds. The van der Waals surface area contributed by atoms with Crippen molar-refractivity contribution in [1.29, 1.82) is 0 Å². The van der Waals surface area contributed by atoms with Gasteiger partial charge >= 0.3 is 0 Å². The fourth-order valence-electron chi connectivity index (χ4n) is 2.20. The monoisotopic (exact) mass is 345 g/mol. The number of benzene rings is 2. The van der Waals surface area contributed by atoms with Crippen LogP contribution in [0.15, 0.2) is 36.4 Å². The second-order valence-electron chi connectivity index (χ2n) is 5.00. The quantitative estimate of drug-likeness (QED) is 0.674. The minimum absolute atomic E-state index is 0.0223. The van der Waals surface area contributed by atoms with E-state index >= 15 is 0 Å². The second-order valence-corrected chi connectivity index (χ2v) is 5.40. The summed E-state index contributed by atoms with van der Waals surface area (Å²) in [4.78, 5) is 19.8. The highest BCUT2D eigenvalue weighted by atomic mass is 35.5. The first-order chi connectivity index (χ1) is 11.5. The van der Waals surface area contributed by atoms with Crippen LogP contribution in [0.25, 0.3) is 10.9 Å². The number of hydrogen-bond donors (Lipinski definition) is 3. The maximum absolute atomic E-state index is 13.3. The van der Waals surface area contributed by atoms with E-state index in [1.165, 1.54) is 18.2 Å². The molecule has 0 atom stereocenters. The van der Waals surface area contributed by atoms with Gasteiger partial charge in [0.05, 0.1) is 10.5 Å². The fraction of sp³-hybridized carbons (Fsp3) is 0.0625. The Hall–Kier alpha value is -2.93. The number of fused-ring (bicyclic) bond motifs is 1. The van der Waals surface area contributed by atoms with Crippen molar-refractivity contribution in [3.8, 4) is 0 Å². The molecule has 0 spiro atoms. The Bertz CT molecular complexity index is 947. The van der Waals surface area contributed by atoms with Crippen LogP contribution in [0.3, 0.4) is 0 Å². The van der Waals surface area contributed by atoms with Crippen molar-refractivity contribution in [2.24, 2.45) is 5.73 Å². The molecule has 4 N–H and O–H groups in total. The third-order valence-corrected chi connectivity index (χ3v) is 3.68. The first-order valence-corrected chi connectivity index (χ1v) is 7.37. The van der Waals surface area contributed by atoms with Crippen LogP contribution in [0, 0.1) is 5.82 Å². The normalized spacial score (nSPS) is 10.6. The van der Waals surface area contributed by atoms with Gasteiger partial charge in [0.1, 0.15) is 11.6 Å². The molecular formula is C16H13ClFN5O. The number of halogens is 2. The smallest absolute Gasteiger partial charge is 0.286 e. The Morgan fingerprint density at radius 1 is 1.17 bits per heavy atom. The minimum Gasteiger partial charge on any atom is -0.388 e. The summed E-state index contributed by atoms with van der Waals surface area (Å²) >= 11 is 5.79. The highest BCUT2D eigenvalue weighted by Gasteiger charge is 2.13. The number of aromatic nitrogens is 2. The van der Waals surface area contributed by atoms with E-state index < -0.39 is 11.7 Å². The van der Waals surface area contributed by atoms with Gasteiger partial charge in [-0.15, -0.1) is 0 Å². The lowest BCUT2D eigenvalue weighted by molar-refractivity contribution is 0.0991. The molecule has 1 aromatic heterocycles. The molecule has 0 fully saturated rings. The van der Waals surface area contributed by atoms with Gasteiger partial charge in [-0.2, -0.15) is 0 Å². The number of rotatable bonds is 4. The number of amides is 1. The van der Waals surface area contributed by atoms with Crippen LogP contribution in [-0.2, 0) is 0 Å². The summed E-state index contributed by atoms with van der Waals surface area (Å²) in [5, 5.41) is 6.67. The van der Waals surface area contributed by atoms with Gasteiger partial charge in [-0.25, -0.2) is 14.4 Å². The lowest BCUT2D eigenvalue weighted by atomic mass is 10.2. The van der Waals surface area contributed by atoms with E-state index in [0.29, 0.717) is 22.4 Å². The summed E-state index contributed by atoms with van der Waals surface area (Å²) in [6.45, 7) is 0. The number of nitrogens with one attached hydrogen (secondary N) is 2. The van der Waals surface area contributed by atoms with Gasteiger partial charge in [-0.3, -0.25) is 4.79 Å². The Balaban J connectivity index is 2.13. The molecule has 2 aromatic carbocycles. The largest absolute Gasteiger partial charge is 0.388 e. The van der Waals surface area contributed by atoms with Gasteiger partial charge in [0.2, 0.25) is 5.82 Å². The van der Waals surface area contributed by atoms with Gasteiger partial charge in [0, 0.05) is 23.8 Å².